The van der Waals surface area contributed by atoms with Crippen molar-refractivity contribution in [1.29, 1.82) is 0 Å². The summed E-state index contributed by atoms with van der Waals surface area (Å²) in [6.45, 7) is 2.02. The molecule has 1 aromatic heterocycles. The zero-order valence-electron chi connectivity index (χ0n) is 14.0. The zero-order chi connectivity index (χ0) is 16.4. The van der Waals surface area contributed by atoms with Crippen molar-refractivity contribution < 1.29 is 0 Å². The lowest BCUT2D eigenvalue weighted by Gasteiger charge is -2.27. The molecule has 0 spiro atoms. The number of anilines is 2. The molecule has 5 heteroatoms. The standard InChI is InChI=1S/C19H25N5/c20-19-23-17-15(13-6-2-1-3-7-13)9-4-10-16(17)18(24-19)22-12-14-8-5-11-21-14/h1-3,6-7,14-15,21H,4-5,8-12H2,(H3,20,22,23,24)/t14-,15?/m0/s1. The van der Waals surface area contributed by atoms with Gasteiger partial charge in [-0.15, -0.1) is 0 Å². The van der Waals surface area contributed by atoms with Crippen LogP contribution in [0.4, 0.5) is 11.8 Å². The fourth-order valence-corrected chi connectivity index (χ4v) is 3.98. The maximum atomic E-state index is 6.03. The summed E-state index contributed by atoms with van der Waals surface area (Å²) >= 11 is 0. The molecule has 1 aromatic carbocycles. The van der Waals surface area contributed by atoms with Gasteiger partial charge in [-0.25, -0.2) is 4.98 Å². The van der Waals surface area contributed by atoms with Crippen molar-refractivity contribution in [2.24, 2.45) is 0 Å². The summed E-state index contributed by atoms with van der Waals surface area (Å²) in [4.78, 5) is 9.13. The van der Waals surface area contributed by atoms with E-state index in [0.29, 0.717) is 17.9 Å². The highest BCUT2D eigenvalue weighted by atomic mass is 15.1. The molecule has 4 N–H and O–H groups in total. The minimum atomic E-state index is 0.324. The molecular formula is C19H25N5. The van der Waals surface area contributed by atoms with Crippen molar-refractivity contribution in [3.8, 4) is 0 Å². The van der Waals surface area contributed by atoms with Gasteiger partial charge in [0.15, 0.2) is 0 Å². The fourth-order valence-electron chi connectivity index (χ4n) is 3.98. The van der Waals surface area contributed by atoms with Gasteiger partial charge in [0.25, 0.3) is 0 Å². The van der Waals surface area contributed by atoms with Gasteiger partial charge in [-0.1, -0.05) is 30.3 Å². The number of nitrogens with zero attached hydrogens (tertiary/aromatic N) is 2. The Labute approximate surface area is 143 Å². The van der Waals surface area contributed by atoms with E-state index in [4.69, 9.17) is 5.73 Å². The minimum absolute atomic E-state index is 0.324. The molecule has 5 nitrogen and oxygen atoms in total. The maximum absolute atomic E-state index is 6.03. The van der Waals surface area contributed by atoms with E-state index in [1.54, 1.807) is 0 Å². The first-order chi connectivity index (χ1) is 11.8. The minimum Gasteiger partial charge on any atom is -0.368 e. The number of rotatable bonds is 4. The van der Waals surface area contributed by atoms with Crippen LogP contribution in [0.3, 0.4) is 0 Å². The van der Waals surface area contributed by atoms with Crippen LogP contribution in [0, 0.1) is 0 Å². The first-order valence-corrected chi connectivity index (χ1v) is 9.00. The number of aromatic nitrogens is 2. The molecule has 1 saturated heterocycles. The van der Waals surface area contributed by atoms with Gasteiger partial charge in [-0.3, -0.25) is 0 Å². The zero-order valence-corrected chi connectivity index (χ0v) is 14.0. The van der Waals surface area contributed by atoms with E-state index < -0.39 is 0 Å². The highest BCUT2D eigenvalue weighted by Gasteiger charge is 2.27. The predicted molar refractivity (Wildman–Crippen MR) is 97.2 cm³/mol. The highest BCUT2D eigenvalue weighted by molar-refractivity contribution is 5.53. The second kappa shape index (κ2) is 6.77. The number of hydrogen-bond donors (Lipinski definition) is 3. The third kappa shape index (κ3) is 3.08. The second-order valence-corrected chi connectivity index (χ2v) is 6.82. The molecule has 0 radical (unpaired) electrons. The summed E-state index contributed by atoms with van der Waals surface area (Å²) in [5, 5.41) is 7.05. The Morgan fingerprint density at radius 2 is 2.00 bits per heavy atom. The van der Waals surface area contributed by atoms with Gasteiger partial charge < -0.3 is 16.4 Å². The van der Waals surface area contributed by atoms with E-state index in [2.05, 4.69) is 50.9 Å². The van der Waals surface area contributed by atoms with Gasteiger partial charge in [0.05, 0.1) is 5.69 Å². The Morgan fingerprint density at radius 1 is 1.12 bits per heavy atom. The number of nitrogens with two attached hydrogens (primary N) is 1. The van der Waals surface area contributed by atoms with Crippen LogP contribution in [0.25, 0.3) is 0 Å². The highest BCUT2D eigenvalue weighted by Crippen LogP contribution is 2.38. The largest absolute Gasteiger partial charge is 0.368 e. The van der Waals surface area contributed by atoms with Crippen LogP contribution in [-0.2, 0) is 6.42 Å². The van der Waals surface area contributed by atoms with Gasteiger partial charge in [-0.05, 0) is 44.2 Å². The molecule has 0 saturated carbocycles. The summed E-state index contributed by atoms with van der Waals surface area (Å²) in [5.41, 5.74) is 9.71. The van der Waals surface area contributed by atoms with Crippen molar-refractivity contribution in [3.63, 3.8) is 0 Å². The van der Waals surface area contributed by atoms with E-state index >= 15 is 0 Å². The molecule has 2 atom stereocenters. The van der Waals surface area contributed by atoms with E-state index in [0.717, 1.165) is 43.9 Å². The van der Waals surface area contributed by atoms with Crippen LogP contribution in [0.15, 0.2) is 30.3 Å². The van der Waals surface area contributed by atoms with E-state index in [1.807, 2.05) is 0 Å². The molecule has 2 aromatic rings. The Bertz CT molecular complexity index is 694. The molecule has 24 heavy (non-hydrogen) atoms. The lowest BCUT2D eigenvalue weighted by atomic mass is 9.82. The number of nitrogens with one attached hydrogen (secondary N) is 2. The predicted octanol–water partition coefficient (Wildman–Crippen LogP) is 2.69. The Kier molecular flexibility index (Phi) is 4.34. The summed E-state index contributed by atoms with van der Waals surface area (Å²) < 4.78 is 0. The van der Waals surface area contributed by atoms with Gasteiger partial charge >= 0.3 is 0 Å². The normalized spacial score (nSPS) is 23.0. The second-order valence-electron chi connectivity index (χ2n) is 6.82. The number of fused-ring (bicyclic) bond motifs is 1. The molecule has 126 valence electrons. The van der Waals surface area contributed by atoms with E-state index in [1.165, 1.54) is 24.0 Å². The average Bonchev–Trinajstić information content (AvgIpc) is 3.13. The first-order valence-electron chi connectivity index (χ1n) is 9.00. The first kappa shape index (κ1) is 15.4. The van der Waals surface area contributed by atoms with Crippen LogP contribution >= 0.6 is 0 Å². The number of hydrogen-bond acceptors (Lipinski definition) is 5. The SMILES string of the molecule is Nc1nc(NC[C@@H]2CCCN2)c2c(n1)C(c1ccccc1)CCC2. The quantitative estimate of drug-likeness (QED) is 0.806. The van der Waals surface area contributed by atoms with Crippen LogP contribution in [0.1, 0.15) is 48.4 Å². The summed E-state index contributed by atoms with van der Waals surface area (Å²) in [5.74, 6) is 1.63. The summed E-state index contributed by atoms with van der Waals surface area (Å²) in [6, 6.07) is 11.2. The Morgan fingerprint density at radius 3 is 2.79 bits per heavy atom. The van der Waals surface area contributed by atoms with Crippen molar-refractivity contribution in [3.05, 3.63) is 47.2 Å². The van der Waals surface area contributed by atoms with Crippen molar-refractivity contribution in [1.82, 2.24) is 15.3 Å². The molecule has 2 heterocycles. The monoisotopic (exact) mass is 323 g/mol. The molecule has 2 aliphatic rings. The lowest BCUT2D eigenvalue weighted by Crippen LogP contribution is -2.30. The Hall–Kier alpha value is -2.14. The molecular weight excluding hydrogens is 298 g/mol. The van der Waals surface area contributed by atoms with Crippen LogP contribution < -0.4 is 16.4 Å². The van der Waals surface area contributed by atoms with Crippen LogP contribution in [-0.4, -0.2) is 29.1 Å². The maximum Gasteiger partial charge on any atom is 0.222 e. The molecule has 1 aliphatic carbocycles. The van der Waals surface area contributed by atoms with Crippen molar-refractivity contribution in [2.45, 2.75) is 44.1 Å². The summed E-state index contributed by atoms with van der Waals surface area (Å²) in [6.07, 6.45) is 5.79. The topological polar surface area (TPSA) is 75.9 Å². The van der Waals surface area contributed by atoms with Gasteiger partial charge in [0, 0.05) is 24.1 Å². The van der Waals surface area contributed by atoms with Crippen LogP contribution in [0.5, 0.6) is 0 Å². The van der Waals surface area contributed by atoms with Crippen molar-refractivity contribution >= 4 is 11.8 Å². The van der Waals surface area contributed by atoms with Crippen LogP contribution in [0.2, 0.25) is 0 Å². The molecule has 4 rings (SSSR count). The van der Waals surface area contributed by atoms with Gasteiger partial charge in [0.2, 0.25) is 5.95 Å². The number of benzene rings is 1. The van der Waals surface area contributed by atoms with E-state index in [9.17, 15) is 0 Å². The number of nitrogen functional groups attached to an aromatic ring is 1. The molecule has 0 amide bonds. The lowest BCUT2D eigenvalue weighted by molar-refractivity contribution is 0.594. The van der Waals surface area contributed by atoms with Crippen molar-refractivity contribution in [2.75, 3.05) is 24.1 Å². The fraction of sp³-hybridized carbons (Fsp3) is 0.474. The third-order valence-electron chi connectivity index (χ3n) is 5.19. The molecule has 1 fully saturated rings. The van der Waals surface area contributed by atoms with E-state index in [-0.39, 0.29) is 0 Å². The Balaban J connectivity index is 1.63. The molecule has 1 unspecified atom stereocenters. The smallest absolute Gasteiger partial charge is 0.222 e. The van der Waals surface area contributed by atoms with Gasteiger partial charge in [-0.2, -0.15) is 4.98 Å². The summed E-state index contributed by atoms with van der Waals surface area (Å²) in [7, 11) is 0. The molecule has 0 bridgehead atoms. The molecule has 1 aliphatic heterocycles. The third-order valence-corrected chi connectivity index (χ3v) is 5.19. The average molecular weight is 323 g/mol. The van der Waals surface area contributed by atoms with Gasteiger partial charge in [0.1, 0.15) is 5.82 Å².